The van der Waals surface area contributed by atoms with Gasteiger partial charge in [0.25, 0.3) is 0 Å². The first-order valence-electron chi connectivity index (χ1n) is 10.1. The summed E-state index contributed by atoms with van der Waals surface area (Å²) >= 11 is 5.99. The average molecular weight is 460 g/mol. The number of hydrogen-bond acceptors (Lipinski definition) is 9. The lowest BCUT2D eigenvalue weighted by atomic mass is 10.1. The second-order valence-electron chi connectivity index (χ2n) is 8.20. The van der Waals surface area contributed by atoms with Crippen LogP contribution in [0.4, 0.5) is 5.82 Å². The molecule has 0 amide bonds. The van der Waals surface area contributed by atoms with E-state index >= 15 is 0 Å². The molecule has 1 aromatic carbocycles. The minimum atomic E-state index is -0.815. The van der Waals surface area contributed by atoms with E-state index in [9.17, 15) is 4.79 Å². The predicted molar refractivity (Wildman–Crippen MR) is 114 cm³/mol. The Kier molecular flexibility index (Phi) is 5.25. The van der Waals surface area contributed by atoms with E-state index in [4.69, 9.17) is 36.3 Å². The molecule has 2 aliphatic heterocycles. The minimum Gasteiger partial charge on any atom is -0.463 e. The topological polar surface area (TPSA) is 124 Å². The standard InChI is InChI=1S/C21H22ClN5O5/c1-21(2)31-16-13(8-29-14(28)7-11-4-3-5-12(22)6-11)30-20(17(16)32-21)27-10-26-15-18(23)24-9-25-19(15)27/h3-6,9-10,13,16-17,20H,7-8H2,1-2H3,(H2,23,24,25)/t13-,16-,17-,20-/m1/s1. The van der Waals surface area contributed by atoms with Gasteiger partial charge >= 0.3 is 5.97 Å². The summed E-state index contributed by atoms with van der Waals surface area (Å²) in [6.45, 7) is 3.67. The van der Waals surface area contributed by atoms with Crippen LogP contribution in [-0.4, -0.2) is 56.2 Å². The summed E-state index contributed by atoms with van der Waals surface area (Å²) in [6, 6.07) is 7.09. The summed E-state index contributed by atoms with van der Waals surface area (Å²) < 4.78 is 25.6. The Labute approximate surface area is 188 Å². The Balaban J connectivity index is 1.33. The molecule has 4 atom stereocenters. The van der Waals surface area contributed by atoms with Gasteiger partial charge < -0.3 is 24.7 Å². The molecule has 0 radical (unpaired) electrons. The number of carbonyl (C=O) groups is 1. The number of anilines is 1. The van der Waals surface area contributed by atoms with Gasteiger partial charge in [-0.25, -0.2) is 15.0 Å². The SMILES string of the molecule is CC1(C)O[C@@H]2[C@H](O1)[C@@H](COC(=O)Cc1cccc(Cl)c1)O[C@H]2n1cnc2c(N)ncnc21. The largest absolute Gasteiger partial charge is 0.463 e. The second kappa shape index (κ2) is 7.96. The number of esters is 1. The van der Waals surface area contributed by atoms with Crippen molar-refractivity contribution in [3.63, 3.8) is 0 Å². The molecule has 0 unspecified atom stereocenters. The number of ether oxygens (including phenoxy) is 4. The Morgan fingerprint density at radius 2 is 2.06 bits per heavy atom. The normalized spacial score (nSPS) is 26.3. The van der Waals surface area contributed by atoms with Crippen molar-refractivity contribution in [1.82, 2.24) is 19.5 Å². The smallest absolute Gasteiger partial charge is 0.310 e. The lowest BCUT2D eigenvalue weighted by Crippen LogP contribution is -2.33. The Morgan fingerprint density at radius 1 is 1.25 bits per heavy atom. The third-order valence-electron chi connectivity index (χ3n) is 5.43. The number of aromatic nitrogens is 4. The lowest BCUT2D eigenvalue weighted by Gasteiger charge is -2.24. The minimum absolute atomic E-state index is 0.0141. The van der Waals surface area contributed by atoms with Crippen LogP contribution in [0.15, 0.2) is 36.9 Å². The summed E-state index contributed by atoms with van der Waals surface area (Å²) in [6.07, 6.45) is 1.05. The fourth-order valence-electron chi connectivity index (χ4n) is 4.11. The van der Waals surface area contributed by atoms with Gasteiger partial charge in [-0.05, 0) is 31.5 Å². The number of rotatable bonds is 5. The number of imidazole rings is 1. The van der Waals surface area contributed by atoms with Crippen molar-refractivity contribution in [2.24, 2.45) is 0 Å². The van der Waals surface area contributed by atoms with Crippen LogP contribution in [0, 0.1) is 0 Å². The summed E-state index contributed by atoms with van der Waals surface area (Å²) in [7, 11) is 0. The molecule has 11 heteroatoms. The van der Waals surface area contributed by atoms with Crippen molar-refractivity contribution in [2.75, 3.05) is 12.3 Å². The van der Waals surface area contributed by atoms with Crippen LogP contribution in [0.1, 0.15) is 25.6 Å². The van der Waals surface area contributed by atoms with Crippen molar-refractivity contribution in [2.45, 2.75) is 50.6 Å². The first-order chi connectivity index (χ1) is 15.3. The average Bonchev–Trinajstić information content (AvgIpc) is 3.38. The number of nitrogen functional groups attached to an aromatic ring is 1. The summed E-state index contributed by atoms with van der Waals surface area (Å²) in [4.78, 5) is 24.9. The number of hydrogen-bond donors (Lipinski definition) is 1. The highest BCUT2D eigenvalue weighted by atomic mass is 35.5. The molecule has 5 rings (SSSR count). The molecule has 3 aromatic rings. The molecule has 32 heavy (non-hydrogen) atoms. The van der Waals surface area contributed by atoms with E-state index in [0.29, 0.717) is 16.2 Å². The molecule has 2 aromatic heterocycles. The maximum atomic E-state index is 12.4. The Morgan fingerprint density at radius 3 is 2.88 bits per heavy atom. The first-order valence-corrected chi connectivity index (χ1v) is 10.5. The number of benzene rings is 1. The maximum Gasteiger partial charge on any atom is 0.310 e. The number of halogens is 1. The molecule has 0 aliphatic carbocycles. The van der Waals surface area contributed by atoms with E-state index in [1.807, 2.05) is 19.9 Å². The van der Waals surface area contributed by atoms with Gasteiger partial charge in [0, 0.05) is 5.02 Å². The summed E-state index contributed by atoms with van der Waals surface area (Å²) in [5.41, 5.74) is 7.68. The van der Waals surface area contributed by atoms with Gasteiger partial charge in [-0.3, -0.25) is 9.36 Å². The highest BCUT2D eigenvalue weighted by Crippen LogP contribution is 2.43. The molecule has 2 fully saturated rings. The van der Waals surface area contributed by atoms with Crippen LogP contribution in [0.25, 0.3) is 11.2 Å². The van der Waals surface area contributed by atoms with Crippen LogP contribution in [0.5, 0.6) is 0 Å². The van der Waals surface area contributed by atoms with Crippen molar-refractivity contribution >= 4 is 34.6 Å². The van der Waals surface area contributed by atoms with Gasteiger partial charge in [0.2, 0.25) is 0 Å². The molecular formula is C21H22ClN5O5. The van der Waals surface area contributed by atoms with Crippen molar-refractivity contribution in [3.05, 3.63) is 47.5 Å². The first kappa shape index (κ1) is 21.1. The van der Waals surface area contributed by atoms with Crippen LogP contribution in [0.3, 0.4) is 0 Å². The van der Waals surface area contributed by atoms with Gasteiger partial charge in [0.1, 0.15) is 36.8 Å². The molecule has 4 heterocycles. The highest BCUT2D eigenvalue weighted by Gasteiger charge is 2.56. The monoisotopic (exact) mass is 459 g/mol. The fraction of sp³-hybridized carbons (Fsp3) is 0.429. The summed E-state index contributed by atoms with van der Waals surface area (Å²) in [5, 5.41) is 0.566. The molecule has 2 aliphatic rings. The van der Waals surface area contributed by atoms with Crippen molar-refractivity contribution in [3.8, 4) is 0 Å². The lowest BCUT2D eigenvalue weighted by molar-refractivity contribution is -0.202. The van der Waals surface area contributed by atoms with Gasteiger partial charge in [-0.1, -0.05) is 23.7 Å². The van der Waals surface area contributed by atoms with Crippen LogP contribution >= 0.6 is 11.6 Å². The van der Waals surface area contributed by atoms with E-state index in [-0.39, 0.29) is 24.8 Å². The van der Waals surface area contributed by atoms with Crippen LogP contribution in [0.2, 0.25) is 5.02 Å². The molecule has 0 saturated carbocycles. The van der Waals surface area contributed by atoms with Gasteiger partial charge in [0.15, 0.2) is 23.5 Å². The molecule has 0 spiro atoms. The fourth-order valence-corrected chi connectivity index (χ4v) is 4.33. The van der Waals surface area contributed by atoms with Gasteiger partial charge in [-0.15, -0.1) is 0 Å². The van der Waals surface area contributed by atoms with Gasteiger partial charge in [-0.2, -0.15) is 0 Å². The second-order valence-corrected chi connectivity index (χ2v) is 8.64. The number of carbonyl (C=O) groups excluding carboxylic acids is 1. The van der Waals surface area contributed by atoms with Gasteiger partial charge in [0.05, 0.1) is 12.7 Å². The molecule has 2 N–H and O–H groups in total. The number of nitrogens with two attached hydrogens (primary N) is 1. The third kappa shape index (κ3) is 3.90. The zero-order chi connectivity index (χ0) is 22.5. The molecule has 168 valence electrons. The molecule has 2 saturated heterocycles. The zero-order valence-electron chi connectivity index (χ0n) is 17.5. The number of nitrogens with zero attached hydrogens (tertiary/aromatic N) is 4. The Hall–Kier alpha value is -2.79. The highest BCUT2D eigenvalue weighted by molar-refractivity contribution is 6.30. The van der Waals surface area contributed by atoms with E-state index < -0.39 is 30.3 Å². The summed E-state index contributed by atoms with van der Waals surface area (Å²) in [5.74, 6) is -0.925. The van der Waals surface area contributed by atoms with Crippen LogP contribution in [-0.2, 0) is 30.2 Å². The van der Waals surface area contributed by atoms with E-state index in [2.05, 4.69) is 15.0 Å². The van der Waals surface area contributed by atoms with E-state index in [1.54, 1.807) is 29.1 Å². The Bertz CT molecular complexity index is 1170. The predicted octanol–water partition coefficient (Wildman–Crippen LogP) is 2.27. The molecule has 10 nitrogen and oxygen atoms in total. The van der Waals surface area contributed by atoms with Crippen molar-refractivity contribution < 1.29 is 23.7 Å². The third-order valence-corrected chi connectivity index (χ3v) is 5.67. The quantitative estimate of drug-likeness (QED) is 0.572. The number of fused-ring (bicyclic) bond motifs is 2. The molecule has 0 bridgehead atoms. The van der Waals surface area contributed by atoms with Crippen LogP contribution < -0.4 is 5.73 Å². The zero-order valence-corrected chi connectivity index (χ0v) is 18.2. The maximum absolute atomic E-state index is 12.4. The van der Waals surface area contributed by atoms with E-state index in [0.717, 1.165) is 5.56 Å². The van der Waals surface area contributed by atoms with Crippen molar-refractivity contribution in [1.29, 1.82) is 0 Å². The molecular weight excluding hydrogens is 438 g/mol. The van der Waals surface area contributed by atoms with E-state index in [1.165, 1.54) is 6.33 Å².